The van der Waals surface area contributed by atoms with E-state index >= 15 is 0 Å². The molecule has 28 heavy (non-hydrogen) atoms. The van der Waals surface area contributed by atoms with Crippen LogP contribution >= 0.6 is 0 Å². The maximum Gasteiger partial charge on any atom is 0.169 e. The summed E-state index contributed by atoms with van der Waals surface area (Å²) in [6, 6.07) is 30.2. The Balaban J connectivity index is 1.78. The lowest BCUT2D eigenvalue weighted by Gasteiger charge is -2.39. The van der Waals surface area contributed by atoms with Crippen molar-refractivity contribution in [1.29, 1.82) is 0 Å². The van der Waals surface area contributed by atoms with E-state index < -0.39 is 5.54 Å². The van der Waals surface area contributed by atoms with Gasteiger partial charge in [0.25, 0.3) is 0 Å². The zero-order valence-corrected chi connectivity index (χ0v) is 16.4. The van der Waals surface area contributed by atoms with Crippen LogP contribution in [0.15, 0.2) is 96.1 Å². The van der Waals surface area contributed by atoms with Crippen LogP contribution in [0.25, 0.3) is 0 Å². The SMILES string of the molecule is C[N+]1(C)N=C(c2ccccc2)C[C@]1(CC(=O)c1ccccc1)c1ccccc1. The predicted octanol–water partition coefficient (Wildman–Crippen LogP) is 5.04. The van der Waals surface area contributed by atoms with Crippen LogP contribution < -0.4 is 0 Å². The van der Waals surface area contributed by atoms with Gasteiger partial charge in [0, 0.05) is 16.7 Å². The van der Waals surface area contributed by atoms with Gasteiger partial charge in [-0.05, 0) is 0 Å². The molecule has 3 heteroatoms. The second kappa shape index (κ2) is 7.17. The van der Waals surface area contributed by atoms with Crippen LogP contribution in [0.1, 0.15) is 34.3 Å². The van der Waals surface area contributed by atoms with Gasteiger partial charge >= 0.3 is 0 Å². The molecule has 1 aliphatic heterocycles. The van der Waals surface area contributed by atoms with Crippen molar-refractivity contribution < 1.29 is 9.39 Å². The molecule has 1 atom stereocenters. The Kier molecular flexibility index (Phi) is 4.70. The molecule has 0 fully saturated rings. The summed E-state index contributed by atoms with van der Waals surface area (Å²) >= 11 is 0. The lowest BCUT2D eigenvalue weighted by molar-refractivity contribution is -0.949. The van der Waals surface area contributed by atoms with E-state index in [0.29, 0.717) is 11.0 Å². The lowest BCUT2D eigenvalue weighted by Crippen LogP contribution is -2.51. The number of quaternary nitrogens is 1. The third-order valence-electron chi connectivity index (χ3n) is 5.85. The molecule has 0 N–H and O–H groups in total. The van der Waals surface area contributed by atoms with E-state index in [0.717, 1.165) is 28.8 Å². The first kappa shape index (κ1) is 18.3. The van der Waals surface area contributed by atoms with Gasteiger partial charge in [-0.15, -0.1) is 0 Å². The molecule has 1 aliphatic rings. The number of hydrogen-bond acceptors (Lipinski definition) is 2. The molecule has 0 aromatic heterocycles. The van der Waals surface area contributed by atoms with Gasteiger partial charge in [-0.1, -0.05) is 96.1 Å². The molecular formula is C25H25N2O+. The van der Waals surface area contributed by atoms with Crippen molar-refractivity contribution in [2.45, 2.75) is 18.4 Å². The third-order valence-corrected chi connectivity index (χ3v) is 5.85. The van der Waals surface area contributed by atoms with Crippen molar-refractivity contribution >= 4 is 11.5 Å². The second-order valence-electron chi connectivity index (χ2n) is 7.85. The van der Waals surface area contributed by atoms with Crippen LogP contribution in [-0.4, -0.2) is 30.2 Å². The number of hydrogen-bond donors (Lipinski definition) is 0. The Hall–Kier alpha value is -3.04. The average molecular weight is 369 g/mol. The molecule has 3 aromatic carbocycles. The highest BCUT2D eigenvalue weighted by atomic mass is 16.1. The molecule has 0 saturated heterocycles. The summed E-state index contributed by atoms with van der Waals surface area (Å²) in [5, 5.41) is 5.07. The largest absolute Gasteiger partial charge is 0.294 e. The Morgan fingerprint density at radius 3 is 2.00 bits per heavy atom. The molecular weight excluding hydrogens is 344 g/mol. The monoisotopic (exact) mass is 369 g/mol. The van der Waals surface area contributed by atoms with Crippen molar-refractivity contribution in [2.75, 3.05) is 14.1 Å². The zero-order valence-electron chi connectivity index (χ0n) is 16.4. The molecule has 0 saturated carbocycles. The average Bonchev–Trinajstić information content (AvgIpc) is 3.01. The number of Topliss-reactive ketones (excluding diaryl/α,β-unsaturated/α-hetero) is 1. The van der Waals surface area contributed by atoms with E-state index in [4.69, 9.17) is 5.10 Å². The molecule has 140 valence electrons. The molecule has 0 bridgehead atoms. The van der Waals surface area contributed by atoms with Crippen LogP contribution in [0.2, 0.25) is 0 Å². The molecule has 0 unspecified atom stereocenters. The normalized spacial score (nSPS) is 20.6. The van der Waals surface area contributed by atoms with Gasteiger partial charge in [0.15, 0.2) is 11.3 Å². The van der Waals surface area contributed by atoms with Crippen molar-refractivity contribution in [3.8, 4) is 0 Å². The molecule has 0 radical (unpaired) electrons. The number of benzene rings is 3. The lowest BCUT2D eigenvalue weighted by atomic mass is 9.78. The van der Waals surface area contributed by atoms with E-state index in [9.17, 15) is 4.79 Å². The van der Waals surface area contributed by atoms with E-state index in [1.165, 1.54) is 0 Å². The molecule has 0 aliphatic carbocycles. The summed E-state index contributed by atoms with van der Waals surface area (Å²) in [5.41, 5.74) is 3.65. The number of nitrogens with zero attached hydrogens (tertiary/aromatic N) is 2. The summed E-state index contributed by atoms with van der Waals surface area (Å²) in [4.78, 5) is 13.2. The Morgan fingerprint density at radius 1 is 0.857 bits per heavy atom. The van der Waals surface area contributed by atoms with Gasteiger partial charge in [0.1, 0.15) is 5.71 Å². The second-order valence-corrected chi connectivity index (χ2v) is 7.85. The van der Waals surface area contributed by atoms with Gasteiger partial charge in [0.05, 0.1) is 26.9 Å². The van der Waals surface area contributed by atoms with Crippen LogP contribution in [0.3, 0.4) is 0 Å². The molecule has 0 spiro atoms. The first-order valence-electron chi connectivity index (χ1n) is 9.64. The van der Waals surface area contributed by atoms with Crippen LogP contribution in [0.5, 0.6) is 0 Å². The van der Waals surface area contributed by atoms with E-state index in [-0.39, 0.29) is 5.78 Å². The highest BCUT2D eigenvalue weighted by Gasteiger charge is 2.55. The van der Waals surface area contributed by atoms with Crippen molar-refractivity contribution in [3.63, 3.8) is 0 Å². The number of rotatable bonds is 5. The molecule has 3 aromatic rings. The smallest absolute Gasteiger partial charge is 0.169 e. The van der Waals surface area contributed by atoms with Gasteiger partial charge < -0.3 is 0 Å². The summed E-state index contributed by atoms with van der Waals surface area (Å²) < 4.78 is 0.403. The van der Waals surface area contributed by atoms with E-state index in [1.54, 1.807) is 0 Å². The molecule has 1 heterocycles. The molecule has 4 rings (SSSR count). The highest BCUT2D eigenvalue weighted by molar-refractivity contribution is 6.03. The van der Waals surface area contributed by atoms with E-state index in [2.05, 4.69) is 38.4 Å². The van der Waals surface area contributed by atoms with E-state index in [1.807, 2.05) is 66.7 Å². The maximum atomic E-state index is 13.2. The van der Waals surface area contributed by atoms with Gasteiger partial charge in [-0.25, -0.2) is 0 Å². The van der Waals surface area contributed by atoms with Crippen LogP contribution in [0, 0.1) is 0 Å². The summed E-state index contributed by atoms with van der Waals surface area (Å²) in [5.74, 6) is 0.153. The fourth-order valence-electron chi connectivity index (χ4n) is 4.21. The minimum absolute atomic E-state index is 0.153. The van der Waals surface area contributed by atoms with Crippen molar-refractivity contribution in [3.05, 3.63) is 108 Å². The molecule has 0 amide bonds. The van der Waals surface area contributed by atoms with Crippen molar-refractivity contribution in [2.24, 2.45) is 5.10 Å². The summed E-state index contributed by atoms with van der Waals surface area (Å²) in [7, 11) is 4.20. The number of ketones is 1. The first-order valence-corrected chi connectivity index (χ1v) is 9.64. The number of carbonyl (C=O) groups excluding carboxylic acids is 1. The first-order chi connectivity index (χ1) is 13.5. The highest BCUT2D eigenvalue weighted by Crippen LogP contribution is 2.46. The quantitative estimate of drug-likeness (QED) is 0.458. The minimum atomic E-state index is -0.431. The van der Waals surface area contributed by atoms with Gasteiger partial charge in [-0.3, -0.25) is 4.79 Å². The summed E-state index contributed by atoms with van der Waals surface area (Å²) in [6.07, 6.45) is 1.14. The zero-order chi connectivity index (χ0) is 19.6. The topological polar surface area (TPSA) is 29.4 Å². The van der Waals surface area contributed by atoms with Crippen molar-refractivity contribution in [1.82, 2.24) is 0 Å². The fourth-order valence-corrected chi connectivity index (χ4v) is 4.21. The van der Waals surface area contributed by atoms with Crippen LogP contribution in [0.4, 0.5) is 0 Å². The predicted molar refractivity (Wildman–Crippen MR) is 113 cm³/mol. The minimum Gasteiger partial charge on any atom is -0.294 e. The summed E-state index contributed by atoms with van der Waals surface area (Å²) in [6.45, 7) is 0. The van der Waals surface area contributed by atoms with Crippen LogP contribution in [-0.2, 0) is 5.54 Å². The number of carbonyl (C=O) groups is 1. The molecule has 3 nitrogen and oxygen atoms in total. The Morgan fingerprint density at radius 2 is 1.39 bits per heavy atom. The Bertz CT molecular complexity index is 994. The fraction of sp³-hybridized carbons (Fsp3) is 0.200. The standard InChI is InChI=1S/C25H25N2O/c1-27(2)25(22-16-10-5-11-17-22,19-24(28)21-14-8-4-9-15-21)18-23(26-27)20-12-6-3-7-13-20/h3-17H,18-19H2,1-2H3/q+1/t25-/m0/s1. The third kappa shape index (κ3) is 3.19. The van der Waals surface area contributed by atoms with Gasteiger partial charge in [0.2, 0.25) is 0 Å². The van der Waals surface area contributed by atoms with Gasteiger partial charge in [-0.2, -0.15) is 4.59 Å². The Labute approximate surface area is 166 Å². The maximum absolute atomic E-state index is 13.2.